The van der Waals surface area contributed by atoms with Gasteiger partial charge < -0.3 is 10.6 Å². The van der Waals surface area contributed by atoms with Crippen LogP contribution in [0.1, 0.15) is 36.2 Å². The van der Waals surface area contributed by atoms with Crippen molar-refractivity contribution in [3.05, 3.63) is 49.9 Å². The number of amides is 2. The number of urea groups is 1. The van der Waals surface area contributed by atoms with Crippen LogP contribution in [-0.4, -0.2) is 17.6 Å². The summed E-state index contributed by atoms with van der Waals surface area (Å²) in [5.41, 5.74) is 1.85. The topological polar surface area (TPSA) is 54.0 Å². The second-order valence-electron chi connectivity index (χ2n) is 5.12. The van der Waals surface area contributed by atoms with Crippen LogP contribution in [0.4, 0.5) is 4.79 Å². The predicted molar refractivity (Wildman–Crippen MR) is 96.6 cm³/mol. The summed E-state index contributed by atoms with van der Waals surface area (Å²) in [6, 6.07) is 4.81. The van der Waals surface area contributed by atoms with Crippen LogP contribution in [0.5, 0.6) is 0 Å². The van der Waals surface area contributed by atoms with Crippen LogP contribution in [0.15, 0.2) is 23.6 Å². The lowest BCUT2D eigenvalue weighted by atomic mass is 10.1. The molecule has 0 fully saturated rings. The standard InChI is InChI=1S/C16H19Cl2N3OS/c1-3-15-21-12(9-23-15)6-7-19-16(22)20-10(2)13-5-4-11(17)8-14(13)18/h4-5,8-10H,3,6-7H2,1-2H3,(H2,19,20,22). The molecule has 2 aromatic rings. The Hall–Kier alpha value is -1.30. The molecule has 0 aliphatic carbocycles. The zero-order chi connectivity index (χ0) is 16.8. The molecule has 0 aliphatic heterocycles. The van der Waals surface area contributed by atoms with Crippen molar-refractivity contribution in [3.63, 3.8) is 0 Å². The van der Waals surface area contributed by atoms with Gasteiger partial charge in [0.05, 0.1) is 16.7 Å². The van der Waals surface area contributed by atoms with Crippen molar-refractivity contribution in [1.82, 2.24) is 15.6 Å². The Bertz CT molecular complexity index is 675. The summed E-state index contributed by atoms with van der Waals surface area (Å²) in [6.07, 6.45) is 1.66. The number of thiazole rings is 1. The van der Waals surface area contributed by atoms with Crippen LogP contribution in [0.25, 0.3) is 0 Å². The highest BCUT2D eigenvalue weighted by Crippen LogP contribution is 2.25. The normalized spacial score (nSPS) is 12.0. The Morgan fingerprint density at radius 1 is 1.39 bits per heavy atom. The number of hydrogen-bond acceptors (Lipinski definition) is 3. The molecule has 4 nitrogen and oxygen atoms in total. The van der Waals surface area contributed by atoms with E-state index >= 15 is 0 Å². The van der Waals surface area contributed by atoms with Crippen molar-refractivity contribution in [2.45, 2.75) is 32.7 Å². The maximum absolute atomic E-state index is 11.9. The minimum Gasteiger partial charge on any atom is -0.338 e. The van der Waals surface area contributed by atoms with Gasteiger partial charge in [0.15, 0.2) is 0 Å². The van der Waals surface area contributed by atoms with Gasteiger partial charge in [-0.1, -0.05) is 36.2 Å². The van der Waals surface area contributed by atoms with E-state index in [1.165, 1.54) is 0 Å². The molecule has 0 radical (unpaired) electrons. The van der Waals surface area contributed by atoms with Gasteiger partial charge in [-0.3, -0.25) is 0 Å². The molecule has 0 saturated heterocycles. The Labute approximate surface area is 150 Å². The molecule has 2 rings (SSSR count). The lowest BCUT2D eigenvalue weighted by Gasteiger charge is -2.16. The van der Waals surface area contributed by atoms with Crippen LogP contribution in [0.3, 0.4) is 0 Å². The molecule has 2 amide bonds. The molecular weight excluding hydrogens is 353 g/mol. The number of nitrogens with one attached hydrogen (secondary N) is 2. The van der Waals surface area contributed by atoms with Crippen LogP contribution < -0.4 is 10.6 Å². The van der Waals surface area contributed by atoms with Crippen molar-refractivity contribution in [3.8, 4) is 0 Å². The van der Waals surface area contributed by atoms with Gasteiger partial charge in [0.25, 0.3) is 0 Å². The minimum atomic E-state index is -0.227. The van der Waals surface area contributed by atoms with Gasteiger partial charge in [-0.15, -0.1) is 11.3 Å². The summed E-state index contributed by atoms with van der Waals surface area (Å²) in [4.78, 5) is 16.4. The lowest BCUT2D eigenvalue weighted by Crippen LogP contribution is -2.38. The molecule has 0 spiro atoms. The average Bonchev–Trinajstić information content (AvgIpc) is 2.95. The van der Waals surface area contributed by atoms with E-state index in [1.54, 1.807) is 23.5 Å². The molecule has 7 heteroatoms. The van der Waals surface area contributed by atoms with E-state index in [0.29, 0.717) is 16.6 Å². The Balaban J connectivity index is 1.79. The molecule has 0 aliphatic rings. The summed E-state index contributed by atoms with van der Waals surface area (Å²) >= 11 is 13.7. The molecule has 1 heterocycles. The summed E-state index contributed by atoms with van der Waals surface area (Å²) in [5, 5.41) is 9.97. The Kier molecular flexibility index (Phi) is 6.69. The molecule has 2 N–H and O–H groups in total. The van der Waals surface area contributed by atoms with Crippen molar-refractivity contribution < 1.29 is 4.79 Å². The van der Waals surface area contributed by atoms with E-state index < -0.39 is 0 Å². The molecule has 0 bridgehead atoms. The highest BCUT2D eigenvalue weighted by molar-refractivity contribution is 7.09. The number of carbonyl (C=O) groups is 1. The summed E-state index contributed by atoms with van der Waals surface area (Å²) in [6.45, 7) is 4.50. The first-order valence-corrected chi connectivity index (χ1v) is 9.05. The highest BCUT2D eigenvalue weighted by Gasteiger charge is 2.12. The number of aromatic nitrogens is 1. The number of aryl methyl sites for hydroxylation is 1. The van der Waals surface area contributed by atoms with Crippen LogP contribution in [-0.2, 0) is 12.8 Å². The summed E-state index contributed by atoms with van der Waals surface area (Å²) in [7, 11) is 0. The highest BCUT2D eigenvalue weighted by atomic mass is 35.5. The smallest absolute Gasteiger partial charge is 0.315 e. The van der Waals surface area contributed by atoms with Crippen LogP contribution in [0.2, 0.25) is 10.0 Å². The first-order valence-electron chi connectivity index (χ1n) is 7.42. The van der Waals surface area contributed by atoms with E-state index in [-0.39, 0.29) is 12.1 Å². The number of benzene rings is 1. The molecule has 1 aromatic heterocycles. The minimum absolute atomic E-state index is 0.203. The first-order chi connectivity index (χ1) is 11.0. The fourth-order valence-corrected chi connectivity index (χ4v) is 3.46. The SMILES string of the molecule is CCc1nc(CCNC(=O)NC(C)c2ccc(Cl)cc2Cl)cs1. The number of carbonyl (C=O) groups excluding carboxylic acids is 1. The van der Waals surface area contributed by atoms with Gasteiger partial charge in [0, 0.05) is 28.4 Å². The molecule has 124 valence electrons. The zero-order valence-corrected chi connectivity index (χ0v) is 15.4. The fraction of sp³-hybridized carbons (Fsp3) is 0.375. The van der Waals surface area contributed by atoms with Crippen molar-refractivity contribution in [2.24, 2.45) is 0 Å². The van der Waals surface area contributed by atoms with E-state index in [2.05, 4.69) is 22.5 Å². The maximum atomic E-state index is 11.9. The molecule has 1 atom stereocenters. The quantitative estimate of drug-likeness (QED) is 0.778. The number of halogens is 2. The van der Waals surface area contributed by atoms with Gasteiger partial charge in [0.1, 0.15) is 0 Å². The third-order valence-corrected chi connectivity index (χ3v) is 4.95. The van der Waals surface area contributed by atoms with Gasteiger partial charge in [-0.25, -0.2) is 9.78 Å². The maximum Gasteiger partial charge on any atom is 0.315 e. The number of nitrogens with zero attached hydrogens (tertiary/aromatic N) is 1. The Morgan fingerprint density at radius 2 is 2.17 bits per heavy atom. The molecule has 1 aromatic carbocycles. The zero-order valence-electron chi connectivity index (χ0n) is 13.0. The number of hydrogen-bond donors (Lipinski definition) is 2. The molecule has 0 saturated carbocycles. The fourth-order valence-electron chi connectivity index (χ4n) is 2.11. The lowest BCUT2D eigenvalue weighted by molar-refractivity contribution is 0.238. The largest absolute Gasteiger partial charge is 0.338 e. The second kappa shape index (κ2) is 8.52. The van der Waals surface area contributed by atoms with Gasteiger partial charge >= 0.3 is 6.03 Å². The van der Waals surface area contributed by atoms with Crippen molar-refractivity contribution >= 4 is 40.6 Å². The monoisotopic (exact) mass is 371 g/mol. The Morgan fingerprint density at radius 3 is 2.83 bits per heavy atom. The second-order valence-corrected chi connectivity index (χ2v) is 6.91. The van der Waals surface area contributed by atoms with Crippen LogP contribution >= 0.6 is 34.5 Å². The average molecular weight is 372 g/mol. The third-order valence-electron chi connectivity index (χ3n) is 3.35. The van der Waals surface area contributed by atoms with Gasteiger partial charge in [-0.2, -0.15) is 0 Å². The molecular formula is C16H19Cl2N3OS. The predicted octanol–water partition coefficient (Wildman–Crippen LogP) is 4.62. The van der Waals surface area contributed by atoms with Crippen LogP contribution in [0, 0.1) is 0 Å². The van der Waals surface area contributed by atoms with E-state index in [1.807, 2.05) is 18.4 Å². The molecule has 23 heavy (non-hydrogen) atoms. The van der Waals surface area contributed by atoms with E-state index in [4.69, 9.17) is 23.2 Å². The third kappa shape index (κ3) is 5.37. The van der Waals surface area contributed by atoms with Gasteiger partial charge in [-0.05, 0) is 31.0 Å². The summed E-state index contributed by atoms with van der Waals surface area (Å²) < 4.78 is 0. The van der Waals surface area contributed by atoms with E-state index in [0.717, 1.165) is 29.1 Å². The summed E-state index contributed by atoms with van der Waals surface area (Å²) in [5.74, 6) is 0. The van der Waals surface area contributed by atoms with E-state index in [9.17, 15) is 4.79 Å². The number of rotatable bonds is 6. The first kappa shape index (κ1) is 18.0. The van der Waals surface area contributed by atoms with Gasteiger partial charge in [0.2, 0.25) is 0 Å². The van der Waals surface area contributed by atoms with Crippen molar-refractivity contribution in [1.29, 1.82) is 0 Å². The molecule has 1 unspecified atom stereocenters. The van der Waals surface area contributed by atoms with Crippen molar-refractivity contribution in [2.75, 3.05) is 6.54 Å².